The zero-order valence-electron chi connectivity index (χ0n) is 11.3. The summed E-state index contributed by atoms with van der Waals surface area (Å²) in [5.74, 6) is 1.63. The Morgan fingerprint density at radius 3 is 2.17 bits per heavy atom. The lowest BCUT2D eigenvalue weighted by molar-refractivity contribution is 0.181. The van der Waals surface area contributed by atoms with Crippen LogP contribution >= 0.6 is 0 Å². The van der Waals surface area contributed by atoms with Gasteiger partial charge in [-0.15, -0.1) is 0 Å². The van der Waals surface area contributed by atoms with E-state index in [-0.39, 0.29) is 5.54 Å². The van der Waals surface area contributed by atoms with Gasteiger partial charge in [-0.1, -0.05) is 0 Å². The van der Waals surface area contributed by atoms with Gasteiger partial charge in [0.1, 0.15) is 11.5 Å². The molecular formula is C14H21NO3. The molecule has 1 aromatic rings. The van der Waals surface area contributed by atoms with Crippen LogP contribution in [0.3, 0.4) is 0 Å². The van der Waals surface area contributed by atoms with Crippen molar-refractivity contribution in [1.82, 2.24) is 0 Å². The predicted molar refractivity (Wildman–Crippen MR) is 70.1 cm³/mol. The number of hydrogen-bond donors (Lipinski definition) is 1. The van der Waals surface area contributed by atoms with Gasteiger partial charge in [-0.3, -0.25) is 0 Å². The molecule has 0 saturated heterocycles. The Morgan fingerprint density at radius 2 is 1.67 bits per heavy atom. The van der Waals surface area contributed by atoms with Crippen LogP contribution in [0.5, 0.6) is 11.5 Å². The van der Waals surface area contributed by atoms with Gasteiger partial charge >= 0.3 is 0 Å². The Labute approximate surface area is 108 Å². The lowest BCUT2D eigenvalue weighted by Crippen LogP contribution is -2.24. The molecule has 0 radical (unpaired) electrons. The highest BCUT2D eigenvalue weighted by molar-refractivity contribution is 5.47. The summed E-state index contributed by atoms with van der Waals surface area (Å²) < 4.78 is 16.0. The molecule has 4 nitrogen and oxygen atoms in total. The largest absolute Gasteiger partial charge is 0.496 e. The van der Waals surface area contributed by atoms with Crippen molar-refractivity contribution in [2.24, 2.45) is 5.73 Å². The van der Waals surface area contributed by atoms with E-state index >= 15 is 0 Å². The number of nitrogens with two attached hydrogens (primary N) is 1. The first-order valence-corrected chi connectivity index (χ1v) is 6.13. The molecule has 18 heavy (non-hydrogen) atoms. The van der Waals surface area contributed by atoms with Gasteiger partial charge in [0.15, 0.2) is 0 Å². The third-order valence-corrected chi connectivity index (χ3v) is 3.42. The van der Waals surface area contributed by atoms with Gasteiger partial charge in [-0.25, -0.2) is 0 Å². The van der Waals surface area contributed by atoms with Gasteiger partial charge in [0.2, 0.25) is 0 Å². The van der Waals surface area contributed by atoms with Gasteiger partial charge in [-0.05, 0) is 30.9 Å². The Balaban J connectivity index is 2.33. The molecule has 0 heterocycles. The SMILES string of the molecule is COCc1cc(CC2(N)CC2)c(OC)cc1OC. The van der Waals surface area contributed by atoms with Gasteiger partial charge in [0, 0.05) is 24.3 Å². The lowest BCUT2D eigenvalue weighted by atomic mass is 10.0. The standard InChI is InChI=1S/C14H21NO3/c1-16-9-11-6-10(8-14(15)4-5-14)12(17-2)7-13(11)18-3/h6-7H,4-5,8-9,15H2,1-3H3. The van der Waals surface area contributed by atoms with Crippen LogP contribution in [0.2, 0.25) is 0 Å². The summed E-state index contributed by atoms with van der Waals surface area (Å²) in [6.45, 7) is 0.526. The molecule has 1 aromatic carbocycles. The quantitative estimate of drug-likeness (QED) is 0.838. The lowest BCUT2D eigenvalue weighted by Gasteiger charge is -2.16. The van der Waals surface area contributed by atoms with E-state index in [1.165, 1.54) is 0 Å². The van der Waals surface area contributed by atoms with E-state index in [0.717, 1.165) is 41.9 Å². The second-order valence-corrected chi connectivity index (χ2v) is 4.95. The molecular weight excluding hydrogens is 230 g/mol. The number of hydrogen-bond acceptors (Lipinski definition) is 4. The smallest absolute Gasteiger partial charge is 0.128 e. The van der Waals surface area contributed by atoms with Crippen molar-refractivity contribution in [3.63, 3.8) is 0 Å². The zero-order valence-corrected chi connectivity index (χ0v) is 11.3. The maximum Gasteiger partial charge on any atom is 0.128 e. The average Bonchev–Trinajstić information content (AvgIpc) is 3.07. The molecule has 2 N–H and O–H groups in total. The molecule has 1 fully saturated rings. The molecule has 1 saturated carbocycles. The summed E-state index contributed by atoms with van der Waals surface area (Å²) in [5, 5.41) is 0. The first-order chi connectivity index (χ1) is 8.61. The highest BCUT2D eigenvalue weighted by Gasteiger charge is 2.38. The van der Waals surface area contributed by atoms with Gasteiger partial charge in [0.25, 0.3) is 0 Å². The second-order valence-electron chi connectivity index (χ2n) is 4.95. The summed E-state index contributed by atoms with van der Waals surface area (Å²) in [7, 11) is 5.00. The van der Waals surface area contributed by atoms with Crippen LogP contribution in [0.1, 0.15) is 24.0 Å². The minimum atomic E-state index is -0.0355. The second kappa shape index (κ2) is 5.16. The molecule has 0 aromatic heterocycles. The van der Waals surface area contributed by atoms with E-state index in [9.17, 15) is 0 Å². The van der Waals surface area contributed by atoms with Crippen LogP contribution in [-0.2, 0) is 17.8 Å². The number of benzene rings is 1. The van der Waals surface area contributed by atoms with Crippen molar-refractivity contribution in [1.29, 1.82) is 0 Å². The fourth-order valence-corrected chi connectivity index (χ4v) is 2.16. The van der Waals surface area contributed by atoms with Crippen molar-refractivity contribution in [2.45, 2.75) is 31.4 Å². The molecule has 0 amide bonds. The maximum atomic E-state index is 6.18. The van der Waals surface area contributed by atoms with E-state index in [4.69, 9.17) is 19.9 Å². The Hall–Kier alpha value is -1.26. The van der Waals surface area contributed by atoms with E-state index < -0.39 is 0 Å². The van der Waals surface area contributed by atoms with Crippen LogP contribution < -0.4 is 15.2 Å². The fourth-order valence-electron chi connectivity index (χ4n) is 2.16. The van der Waals surface area contributed by atoms with Crippen molar-refractivity contribution in [3.8, 4) is 11.5 Å². The van der Waals surface area contributed by atoms with Crippen LogP contribution in [-0.4, -0.2) is 26.9 Å². The summed E-state index contributed by atoms with van der Waals surface area (Å²) in [6.07, 6.45) is 3.01. The first kappa shape index (κ1) is 13.2. The Morgan fingerprint density at radius 1 is 1.06 bits per heavy atom. The molecule has 100 valence electrons. The molecule has 0 bridgehead atoms. The van der Waals surface area contributed by atoms with Gasteiger partial charge in [-0.2, -0.15) is 0 Å². The molecule has 4 heteroatoms. The highest BCUT2D eigenvalue weighted by atomic mass is 16.5. The molecule has 0 aliphatic heterocycles. The Kier molecular flexibility index (Phi) is 3.78. The predicted octanol–water partition coefficient (Wildman–Crippen LogP) is 1.88. The normalized spacial score (nSPS) is 16.4. The van der Waals surface area contributed by atoms with Gasteiger partial charge in [0.05, 0.1) is 20.8 Å². The third-order valence-electron chi connectivity index (χ3n) is 3.42. The monoisotopic (exact) mass is 251 g/mol. The summed E-state index contributed by atoms with van der Waals surface area (Å²) >= 11 is 0. The van der Waals surface area contributed by atoms with Gasteiger partial charge < -0.3 is 19.9 Å². The van der Waals surface area contributed by atoms with Crippen LogP contribution in [0.15, 0.2) is 12.1 Å². The first-order valence-electron chi connectivity index (χ1n) is 6.13. The van der Waals surface area contributed by atoms with Crippen molar-refractivity contribution in [2.75, 3.05) is 21.3 Å². The fraction of sp³-hybridized carbons (Fsp3) is 0.571. The molecule has 0 unspecified atom stereocenters. The van der Waals surface area contributed by atoms with E-state index in [2.05, 4.69) is 6.07 Å². The number of ether oxygens (including phenoxy) is 3. The molecule has 1 aliphatic carbocycles. The summed E-state index contributed by atoms with van der Waals surface area (Å²) in [4.78, 5) is 0. The van der Waals surface area contributed by atoms with Crippen molar-refractivity contribution >= 4 is 0 Å². The van der Waals surface area contributed by atoms with Crippen LogP contribution in [0, 0.1) is 0 Å². The average molecular weight is 251 g/mol. The molecule has 0 spiro atoms. The highest BCUT2D eigenvalue weighted by Crippen LogP contribution is 2.39. The Bertz CT molecular complexity index is 427. The van der Waals surface area contributed by atoms with Crippen LogP contribution in [0.4, 0.5) is 0 Å². The molecule has 0 atom stereocenters. The molecule has 1 aliphatic rings. The number of methoxy groups -OCH3 is 3. The van der Waals surface area contributed by atoms with E-state index in [1.807, 2.05) is 6.07 Å². The topological polar surface area (TPSA) is 53.7 Å². The van der Waals surface area contributed by atoms with Crippen molar-refractivity contribution < 1.29 is 14.2 Å². The summed E-state index contributed by atoms with van der Waals surface area (Å²) in [5.41, 5.74) is 8.30. The minimum Gasteiger partial charge on any atom is -0.496 e. The van der Waals surface area contributed by atoms with E-state index in [1.54, 1.807) is 21.3 Å². The van der Waals surface area contributed by atoms with E-state index in [0.29, 0.717) is 6.61 Å². The third kappa shape index (κ3) is 2.76. The number of rotatable bonds is 6. The molecule has 2 rings (SSSR count). The van der Waals surface area contributed by atoms with Crippen molar-refractivity contribution in [3.05, 3.63) is 23.3 Å². The maximum absolute atomic E-state index is 6.18. The minimum absolute atomic E-state index is 0.0355. The zero-order chi connectivity index (χ0) is 13.2. The van der Waals surface area contributed by atoms with Crippen LogP contribution in [0.25, 0.3) is 0 Å². The summed E-state index contributed by atoms with van der Waals surface area (Å²) in [6, 6.07) is 3.99.